The molecule has 1 aliphatic heterocycles. The van der Waals surface area contributed by atoms with Gasteiger partial charge in [-0.15, -0.1) is 0 Å². The van der Waals surface area contributed by atoms with Crippen LogP contribution in [0.25, 0.3) is 10.2 Å². The van der Waals surface area contributed by atoms with Gasteiger partial charge in [-0.3, -0.25) is 4.79 Å². The number of rotatable bonds is 3. The lowest BCUT2D eigenvalue weighted by Crippen LogP contribution is -2.46. The van der Waals surface area contributed by atoms with E-state index in [0.29, 0.717) is 16.1 Å². The van der Waals surface area contributed by atoms with E-state index in [1.54, 1.807) is 0 Å². The smallest absolute Gasteiger partial charge is 0.243 e. The lowest BCUT2D eigenvalue weighted by molar-refractivity contribution is -0.119. The zero-order valence-electron chi connectivity index (χ0n) is 11.9. The van der Waals surface area contributed by atoms with E-state index >= 15 is 0 Å². The van der Waals surface area contributed by atoms with E-state index in [1.165, 1.54) is 11.3 Å². The summed E-state index contributed by atoms with van der Waals surface area (Å²) < 4.78 is 0.987. The van der Waals surface area contributed by atoms with E-state index in [1.807, 2.05) is 18.2 Å². The van der Waals surface area contributed by atoms with Crippen molar-refractivity contribution in [3.63, 3.8) is 0 Å². The Hall–Kier alpha value is -1.17. The molecule has 1 saturated heterocycles. The maximum absolute atomic E-state index is 12.3. The Morgan fingerprint density at radius 1 is 1.57 bits per heavy atom. The number of halogens is 1. The Bertz CT molecular complexity index is 657. The molecule has 2 atom stereocenters. The maximum atomic E-state index is 12.3. The summed E-state index contributed by atoms with van der Waals surface area (Å²) in [6.07, 6.45) is 3.18. The third kappa shape index (κ3) is 3.36. The van der Waals surface area contributed by atoms with Crippen LogP contribution in [0.1, 0.15) is 26.2 Å². The van der Waals surface area contributed by atoms with Gasteiger partial charge in [0.25, 0.3) is 0 Å². The van der Waals surface area contributed by atoms with E-state index < -0.39 is 0 Å². The van der Waals surface area contributed by atoms with Crippen molar-refractivity contribution in [1.29, 1.82) is 0 Å². The third-order valence-electron chi connectivity index (χ3n) is 3.99. The number of nitrogens with one attached hydrogen (secondary N) is 2. The summed E-state index contributed by atoms with van der Waals surface area (Å²) >= 11 is 7.42. The van der Waals surface area contributed by atoms with E-state index in [4.69, 9.17) is 11.6 Å². The fourth-order valence-electron chi connectivity index (χ4n) is 2.71. The predicted octanol–water partition coefficient (Wildman–Crippen LogP) is 3.67. The van der Waals surface area contributed by atoms with Gasteiger partial charge in [0.2, 0.25) is 5.91 Å². The molecular formula is C15H18ClN3OS. The number of carbonyl (C=O) groups excluding carboxylic acids is 1. The molecule has 0 bridgehead atoms. The molecule has 2 heterocycles. The van der Waals surface area contributed by atoms with Crippen LogP contribution in [0.4, 0.5) is 5.13 Å². The molecule has 1 aromatic heterocycles. The van der Waals surface area contributed by atoms with Crippen LogP contribution < -0.4 is 10.6 Å². The SMILES string of the molecule is CCC1CCNC(C(=O)Nc2nc3ccc(Cl)cc3s2)C1. The van der Waals surface area contributed by atoms with Crippen LogP contribution in [0.15, 0.2) is 18.2 Å². The van der Waals surface area contributed by atoms with Crippen molar-refractivity contribution in [3.05, 3.63) is 23.2 Å². The van der Waals surface area contributed by atoms with Crippen LogP contribution in [-0.2, 0) is 4.79 Å². The van der Waals surface area contributed by atoms with Crippen LogP contribution in [0.2, 0.25) is 5.02 Å². The molecule has 6 heteroatoms. The van der Waals surface area contributed by atoms with Crippen molar-refractivity contribution in [1.82, 2.24) is 10.3 Å². The molecule has 0 radical (unpaired) electrons. The van der Waals surface area contributed by atoms with Crippen molar-refractivity contribution >= 4 is 44.2 Å². The highest BCUT2D eigenvalue weighted by molar-refractivity contribution is 7.22. The number of hydrogen-bond donors (Lipinski definition) is 2. The van der Waals surface area contributed by atoms with Gasteiger partial charge in [-0.25, -0.2) is 4.98 Å². The summed E-state index contributed by atoms with van der Waals surface area (Å²) in [4.78, 5) is 16.8. The van der Waals surface area contributed by atoms with Crippen LogP contribution in [0.5, 0.6) is 0 Å². The Labute approximate surface area is 132 Å². The Kier molecular flexibility index (Phi) is 4.42. The molecule has 1 amide bonds. The standard InChI is InChI=1S/C15H18ClN3OS/c1-2-9-5-6-17-12(7-9)14(20)19-15-18-11-4-3-10(16)8-13(11)21-15/h3-4,8-9,12,17H,2,5-7H2,1H3,(H,18,19,20). The number of amides is 1. The van der Waals surface area contributed by atoms with Gasteiger partial charge in [0.05, 0.1) is 16.3 Å². The minimum absolute atomic E-state index is 0.0123. The van der Waals surface area contributed by atoms with Crippen molar-refractivity contribution in [2.45, 2.75) is 32.2 Å². The highest BCUT2D eigenvalue weighted by Crippen LogP contribution is 2.28. The topological polar surface area (TPSA) is 54.0 Å². The Morgan fingerprint density at radius 2 is 2.43 bits per heavy atom. The summed E-state index contributed by atoms with van der Waals surface area (Å²) in [7, 11) is 0. The first-order valence-electron chi connectivity index (χ1n) is 7.26. The van der Waals surface area contributed by atoms with Gasteiger partial charge >= 0.3 is 0 Å². The second kappa shape index (κ2) is 6.30. The number of aromatic nitrogens is 1. The van der Waals surface area contributed by atoms with Crippen molar-refractivity contribution in [2.75, 3.05) is 11.9 Å². The van der Waals surface area contributed by atoms with Gasteiger partial charge in [0.1, 0.15) is 0 Å². The summed E-state index contributed by atoms with van der Waals surface area (Å²) in [5.74, 6) is 0.648. The number of piperidine rings is 1. The van der Waals surface area contributed by atoms with Crippen LogP contribution in [0.3, 0.4) is 0 Å². The average molecular weight is 324 g/mol. The van der Waals surface area contributed by atoms with Crippen LogP contribution in [0, 0.1) is 5.92 Å². The molecule has 1 fully saturated rings. The number of carbonyl (C=O) groups is 1. The summed E-state index contributed by atoms with van der Waals surface area (Å²) in [5, 5.41) is 7.54. The molecular weight excluding hydrogens is 306 g/mol. The highest BCUT2D eigenvalue weighted by Gasteiger charge is 2.26. The van der Waals surface area contributed by atoms with Gasteiger partial charge in [-0.05, 0) is 43.5 Å². The number of fused-ring (bicyclic) bond motifs is 1. The van der Waals surface area contributed by atoms with E-state index in [-0.39, 0.29) is 11.9 Å². The van der Waals surface area contributed by atoms with Crippen molar-refractivity contribution in [2.24, 2.45) is 5.92 Å². The number of hydrogen-bond acceptors (Lipinski definition) is 4. The maximum Gasteiger partial charge on any atom is 0.243 e. The highest BCUT2D eigenvalue weighted by atomic mass is 35.5. The van der Waals surface area contributed by atoms with E-state index in [9.17, 15) is 4.79 Å². The molecule has 2 N–H and O–H groups in total. The lowest BCUT2D eigenvalue weighted by Gasteiger charge is -2.28. The molecule has 4 nitrogen and oxygen atoms in total. The fourth-order valence-corrected chi connectivity index (χ4v) is 3.86. The molecule has 21 heavy (non-hydrogen) atoms. The van der Waals surface area contributed by atoms with E-state index in [0.717, 1.165) is 36.0 Å². The fraction of sp³-hybridized carbons (Fsp3) is 0.467. The molecule has 0 aliphatic carbocycles. The first kappa shape index (κ1) is 14.8. The summed E-state index contributed by atoms with van der Waals surface area (Å²) in [5.41, 5.74) is 0.864. The minimum Gasteiger partial charge on any atom is -0.306 e. The number of anilines is 1. The van der Waals surface area contributed by atoms with Crippen molar-refractivity contribution in [3.8, 4) is 0 Å². The first-order chi connectivity index (χ1) is 10.2. The normalized spacial score (nSPS) is 22.4. The van der Waals surface area contributed by atoms with Gasteiger partial charge in [0.15, 0.2) is 5.13 Å². The number of benzene rings is 1. The predicted molar refractivity (Wildman–Crippen MR) is 88.1 cm³/mol. The van der Waals surface area contributed by atoms with Gasteiger partial charge in [-0.2, -0.15) is 0 Å². The number of nitrogens with zero attached hydrogens (tertiary/aromatic N) is 1. The summed E-state index contributed by atoms with van der Waals surface area (Å²) in [6.45, 7) is 3.09. The second-order valence-corrected chi connectivity index (χ2v) is 6.89. The molecule has 0 spiro atoms. The molecule has 1 aliphatic rings. The monoisotopic (exact) mass is 323 g/mol. The molecule has 2 unspecified atom stereocenters. The largest absolute Gasteiger partial charge is 0.306 e. The minimum atomic E-state index is -0.112. The summed E-state index contributed by atoms with van der Waals surface area (Å²) in [6, 6.07) is 5.44. The molecule has 0 saturated carbocycles. The van der Waals surface area contributed by atoms with Crippen LogP contribution >= 0.6 is 22.9 Å². The average Bonchev–Trinajstić information content (AvgIpc) is 2.88. The van der Waals surface area contributed by atoms with Crippen LogP contribution in [-0.4, -0.2) is 23.5 Å². The lowest BCUT2D eigenvalue weighted by atomic mass is 9.90. The second-order valence-electron chi connectivity index (χ2n) is 5.43. The first-order valence-corrected chi connectivity index (χ1v) is 8.45. The Balaban J connectivity index is 1.70. The van der Waals surface area contributed by atoms with Gasteiger partial charge < -0.3 is 10.6 Å². The zero-order valence-corrected chi connectivity index (χ0v) is 13.4. The van der Waals surface area contributed by atoms with E-state index in [2.05, 4.69) is 22.5 Å². The van der Waals surface area contributed by atoms with Gasteiger partial charge in [-0.1, -0.05) is 36.3 Å². The molecule has 112 valence electrons. The molecule has 1 aromatic carbocycles. The molecule has 2 aromatic rings. The quantitative estimate of drug-likeness (QED) is 0.906. The van der Waals surface area contributed by atoms with Crippen molar-refractivity contribution < 1.29 is 4.79 Å². The third-order valence-corrected chi connectivity index (χ3v) is 5.16. The zero-order chi connectivity index (χ0) is 14.8. The Morgan fingerprint density at radius 3 is 3.24 bits per heavy atom. The van der Waals surface area contributed by atoms with Gasteiger partial charge in [0, 0.05) is 5.02 Å². The molecule has 3 rings (SSSR count). The number of thiazole rings is 1.